The number of aryl methyl sites for hydroxylation is 3. The van der Waals surface area contributed by atoms with Crippen molar-refractivity contribution in [1.29, 1.82) is 0 Å². The Bertz CT molecular complexity index is 855. The fourth-order valence-corrected chi connectivity index (χ4v) is 2.75. The normalized spacial score (nSPS) is 10.6. The maximum absolute atomic E-state index is 12.1. The Labute approximate surface area is 138 Å². The average Bonchev–Trinajstić information content (AvgIpc) is 2.99. The van der Waals surface area contributed by atoms with Crippen molar-refractivity contribution in [2.75, 3.05) is 5.32 Å². The fourth-order valence-electron chi connectivity index (χ4n) is 2.04. The minimum atomic E-state index is -0.307. The number of hydrogen-bond donors (Lipinski definition) is 1. The van der Waals surface area contributed by atoms with Crippen LogP contribution in [-0.2, 0) is 0 Å². The van der Waals surface area contributed by atoms with E-state index in [2.05, 4.69) is 46.2 Å². The van der Waals surface area contributed by atoms with Gasteiger partial charge in [-0.15, -0.1) is 11.3 Å². The van der Waals surface area contributed by atoms with Gasteiger partial charge in [0.1, 0.15) is 5.69 Å². The molecule has 23 heavy (non-hydrogen) atoms. The smallest absolute Gasteiger partial charge is 0.277 e. The van der Waals surface area contributed by atoms with Gasteiger partial charge in [0.05, 0.1) is 17.6 Å². The number of aromatic nitrogens is 3. The molecule has 0 atom stereocenters. The van der Waals surface area contributed by atoms with Gasteiger partial charge in [0.15, 0.2) is 5.13 Å². The molecule has 0 saturated heterocycles. The third-order valence-corrected chi connectivity index (χ3v) is 4.30. The van der Waals surface area contributed by atoms with Crippen molar-refractivity contribution in [2.24, 2.45) is 0 Å². The summed E-state index contributed by atoms with van der Waals surface area (Å²) in [5.74, 6) is -0.307. The van der Waals surface area contributed by atoms with Crippen LogP contribution in [0.5, 0.6) is 0 Å². The number of nitrogens with one attached hydrogen (secondary N) is 1. The summed E-state index contributed by atoms with van der Waals surface area (Å²) in [6.07, 6.45) is 3.03. The topological polar surface area (TPSA) is 67.8 Å². The molecule has 0 saturated carbocycles. The second-order valence-corrected chi connectivity index (χ2v) is 6.19. The first-order chi connectivity index (χ1) is 11.0. The van der Waals surface area contributed by atoms with E-state index in [9.17, 15) is 4.79 Å². The Morgan fingerprint density at radius 1 is 1.09 bits per heavy atom. The Balaban J connectivity index is 1.77. The summed E-state index contributed by atoms with van der Waals surface area (Å²) < 4.78 is 0. The van der Waals surface area contributed by atoms with E-state index in [1.165, 1.54) is 28.7 Å². The van der Waals surface area contributed by atoms with Gasteiger partial charge < -0.3 is 0 Å². The van der Waals surface area contributed by atoms with Crippen molar-refractivity contribution in [2.45, 2.75) is 20.8 Å². The molecule has 0 aliphatic rings. The predicted octanol–water partition coefficient (Wildman–Crippen LogP) is 3.78. The lowest BCUT2D eigenvalue weighted by molar-refractivity contribution is 0.102. The maximum atomic E-state index is 12.1. The van der Waals surface area contributed by atoms with E-state index in [-0.39, 0.29) is 11.6 Å². The molecule has 0 bridgehead atoms. The van der Waals surface area contributed by atoms with E-state index < -0.39 is 0 Å². The van der Waals surface area contributed by atoms with Gasteiger partial charge in [-0.25, -0.2) is 9.97 Å². The molecule has 0 aliphatic carbocycles. The van der Waals surface area contributed by atoms with Crippen LogP contribution >= 0.6 is 11.3 Å². The van der Waals surface area contributed by atoms with Crippen LogP contribution in [0.25, 0.3) is 11.3 Å². The number of carbonyl (C=O) groups excluding carboxylic acids is 1. The first-order valence-electron chi connectivity index (χ1n) is 7.16. The van der Waals surface area contributed by atoms with Gasteiger partial charge >= 0.3 is 0 Å². The third-order valence-electron chi connectivity index (χ3n) is 3.54. The van der Waals surface area contributed by atoms with E-state index in [1.807, 2.05) is 18.4 Å². The predicted molar refractivity (Wildman–Crippen MR) is 91.7 cm³/mol. The molecule has 3 rings (SSSR count). The molecule has 0 radical (unpaired) electrons. The first-order valence-corrected chi connectivity index (χ1v) is 8.04. The van der Waals surface area contributed by atoms with Gasteiger partial charge in [-0.05, 0) is 38.0 Å². The lowest BCUT2D eigenvalue weighted by Gasteiger charge is -2.03. The van der Waals surface area contributed by atoms with E-state index in [4.69, 9.17) is 0 Å². The molecule has 0 unspecified atom stereocenters. The number of rotatable bonds is 3. The lowest BCUT2D eigenvalue weighted by atomic mass is 10.1. The van der Waals surface area contributed by atoms with E-state index in [0.29, 0.717) is 5.13 Å². The van der Waals surface area contributed by atoms with Crippen LogP contribution in [0.2, 0.25) is 0 Å². The molecule has 1 aromatic carbocycles. The minimum absolute atomic E-state index is 0.276. The molecule has 3 aromatic rings. The van der Waals surface area contributed by atoms with Gasteiger partial charge in [0.2, 0.25) is 0 Å². The lowest BCUT2D eigenvalue weighted by Crippen LogP contribution is -2.13. The number of benzene rings is 1. The second-order valence-electron chi connectivity index (χ2n) is 5.33. The van der Waals surface area contributed by atoms with Crippen LogP contribution < -0.4 is 5.32 Å². The van der Waals surface area contributed by atoms with Crippen LogP contribution in [0.3, 0.4) is 0 Å². The van der Waals surface area contributed by atoms with Crippen LogP contribution in [-0.4, -0.2) is 20.9 Å². The Morgan fingerprint density at radius 2 is 1.91 bits per heavy atom. The van der Waals surface area contributed by atoms with Crippen LogP contribution in [0, 0.1) is 20.8 Å². The summed E-state index contributed by atoms with van der Waals surface area (Å²) in [5.41, 5.74) is 5.40. The van der Waals surface area contributed by atoms with Crippen molar-refractivity contribution in [3.8, 4) is 11.3 Å². The minimum Gasteiger partial charge on any atom is -0.296 e. The Kier molecular flexibility index (Phi) is 4.16. The molecule has 2 aromatic heterocycles. The summed E-state index contributed by atoms with van der Waals surface area (Å²) in [6.45, 7) is 5.98. The highest BCUT2D eigenvalue weighted by atomic mass is 32.1. The van der Waals surface area contributed by atoms with E-state index >= 15 is 0 Å². The maximum Gasteiger partial charge on any atom is 0.277 e. The van der Waals surface area contributed by atoms with Gasteiger partial charge in [-0.3, -0.25) is 15.1 Å². The molecule has 116 valence electrons. The molecule has 0 aliphatic heterocycles. The molecule has 0 fully saturated rings. The zero-order valence-electron chi connectivity index (χ0n) is 13.1. The summed E-state index contributed by atoms with van der Waals surface area (Å²) in [7, 11) is 0. The van der Waals surface area contributed by atoms with Crippen molar-refractivity contribution in [3.63, 3.8) is 0 Å². The van der Waals surface area contributed by atoms with Crippen LogP contribution in [0.4, 0.5) is 5.13 Å². The SMILES string of the molecule is Cc1cnc(C(=O)Nc2nc(-c3ccc(C)c(C)c3)cs2)cn1. The van der Waals surface area contributed by atoms with Gasteiger partial charge in [-0.2, -0.15) is 0 Å². The van der Waals surface area contributed by atoms with Crippen LogP contribution in [0.15, 0.2) is 36.0 Å². The Morgan fingerprint density at radius 3 is 2.61 bits per heavy atom. The summed E-state index contributed by atoms with van der Waals surface area (Å²) in [6, 6.07) is 6.21. The third kappa shape index (κ3) is 3.43. The molecular formula is C17H16N4OS. The highest BCUT2D eigenvalue weighted by molar-refractivity contribution is 7.14. The number of anilines is 1. The monoisotopic (exact) mass is 324 g/mol. The standard InChI is InChI=1S/C17H16N4OS/c1-10-4-5-13(6-11(10)2)15-9-23-17(20-15)21-16(22)14-8-18-12(3)7-19-14/h4-9H,1-3H3,(H,20,21,22). The largest absolute Gasteiger partial charge is 0.296 e. The molecule has 6 heteroatoms. The molecule has 0 spiro atoms. The zero-order valence-corrected chi connectivity index (χ0v) is 13.9. The quantitative estimate of drug-likeness (QED) is 0.796. The highest BCUT2D eigenvalue weighted by Crippen LogP contribution is 2.26. The van der Waals surface area contributed by atoms with Crippen molar-refractivity contribution < 1.29 is 4.79 Å². The number of nitrogens with zero attached hydrogens (tertiary/aromatic N) is 3. The van der Waals surface area contributed by atoms with Crippen molar-refractivity contribution in [1.82, 2.24) is 15.0 Å². The van der Waals surface area contributed by atoms with Crippen molar-refractivity contribution in [3.05, 3.63) is 58.5 Å². The Hall–Kier alpha value is -2.60. The molecule has 1 N–H and O–H groups in total. The van der Waals surface area contributed by atoms with Gasteiger partial charge in [0.25, 0.3) is 5.91 Å². The first kappa shape index (κ1) is 15.3. The number of carbonyl (C=O) groups is 1. The van der Waals surface area contributed by atoms with Gasteiger partial charge in [-0.1, -0.05) is 12.1 Å². The van der Waals surface area contributed by atoms with E-state index in [1.54, 1.807) is 6.20 Å². The highest BCUT2D eigenvalue weighted by Gasteiger charge is 2.11. The summed E-state index contributed by atoms with van der Waals surface area (Å²) in [4.78, 5) is 24.7. The fraction of sp³-hybridized carbons (Fsp3) is 0.176. The van der Waals surface area contributed by atoms with Crippen LogP contribution in [0.1, 0.15) is 27.3 Å². The van der Waals surface area contributed by atoms with Crippen molar-refractivity contribution >= 4 is 22.4 Å². The summed E-state index contributed by atoms with van der Waals surface area (Å²) in [5, 5.41) is 5.24. The van der Waals surface area contributed by atoms with E-state index in [0.717, 1.165) is 17.0 Å². The molecule has 1 amide bonds. The summed E-state index contributed by atoms with van der Waals surface area (Å²) >= 11 is 1.39. The molecule has 5 nitrogen and oxygen atoms in total. The number of hydrogen-bond acceptors (Lipinski definition) is 5. The molecule has 2 heterocycles. The number of amides is 1. The molecular weight excluding hydrogens is 308 g/mol. The number of thiazole rings is 1. The average molecular weight is 324 g/mol. The van der Waals surface area contributed by atoms with Gasteiger partial charge in [0, 0.05) is 17.1 Å². The second kappa shape index (κ2) is 6.26. The zero-order chi connectivity index (χ0) is 16.4.